The van der Waals surface area contributed by atoms with E-state index in [1.165, 1.54) is 41.5 Å². The molecule has 12 nitrogen and oxygen atoms in total. The number of hydrogen-bond acceptors (Lipinski definition) is 7. The maximum atomic E-state index is 7.03. The van der Waals surface area contributed by atoms with E-state index in [1.807, 2.05) is 6.07 Å². The van der Waals surface area contributed by atoms with Gasteiger partial charge in [0.05, 0.1) is 55.2 Å². The van der Waals surface area contributed by atoms with Crippen LogP contribution in [0.3, 0.4) is 0 Å². The molecule has 131 heavy (non-hydrogen) atoms. The van der Waals surface area contributed by atoms with Crippen LogP contribution in [0.4, 0.5) is 0 Å². The third-order valence-corrected chi connectivity index (χ3v) is 36.9. The molecular weight excluding hydrogens is 1630 g/mol. The fraction of sp³-hybridized carbons (Fsp3) is 0. The van der Waals surface area contributed by atoms with Crippen LogP contribution in [0.2, 0.25) is 0 Å². The molecule has 0 aliphatic rings. The summed E-state index contributed by atoms with van der Waals surface area (Å²) in [7, 11) is -6.27. The first-order chi connectivity index (χ1) is 64.9. The highest BCUT2D eigenvalue weighted by atomic mass is 28.3. The van der Waals surface area contributed by atoms with Crippen molar-refractivity contribution in [3.63, 3.8) is 0 Å². The summed E-state index contributed by atoms with van der Waals surface area (Å²) in [5.41, 5.74) is 17.3. The summed E-state index contributed by atoms with van der Waals surface area (Å²) >= 11 is 0. The highest BCUT2D eigenvalue weighted by Gasteiger charge is 2.45. The predicted molar refractivity (Wildman–Crippen MR) is 542 cm³/mol. The zero-order valence-corrected chi connectivity index (χ0v) is 72.5. The quantitative estimate of drug-likeness (QED) is 0.0742. The number of fused-ring (bicyclic) bond motifs is 20. The Hall–Kier alpha value is -17.2. The minimum atomic E-state index is -3.19. The van der Waals surface area contributed by atoms with Gasteiger partial charge in [0.1, 0.15) is 45.6 Å². The molecule has 0 amide bonds. The molecule has 0 N–H and O–H groups in total. The lowest BCUT2D eigenvalue weighted by atomic mass is 10.0. The van der Waals surface area contributed by atoms with Crippen molar-refractivity contribution < 1.29 is 8.83 Å². The smallest absolute Gasteiger partial charge is 0.221 e. The number of rotatable bonds is 15. The number of hydrogen-bond donors (Lipinski definition) is 0. The zero-order valence-electron chi connectivity index (χ0n) is 70.5. The molecule has 0 unspecified atom stereocenters. The molecule has 0 atom stereocenters. The van der Waals surface area contributed by atoms with Crippen LogP contribution in [0.5, 0.6) is 0 Å². The van der Waals surface area contributed by atoms with Crippen molar-refractivity contribution >= 4 is 195 Å². The third kappa shape index (κ3) is 11.2. The minimum Gasteiger partial charge on any atom is -0.456 e. The van der Waals surface area contributed by atoms with Crippen LogP contribution in [0.15, 0.2) is 458 Å². The maximum Gasteiger partial charge on any atom is 0.221 e. The lowest BCUT2D eigenvalue weighted by Crippen LogP contribution is -2.74. The Balaban J connectivity index is 0.610. The first-order valence-electron chi connectivity index (χ1n) is 44.4. The Labute approximate surface area is 752 Å². The van der Waals surface area contributed by atoms with Crippen molar-refractivity contribution in [1.82, 2.24) is 47.6 Å². The number of furan rings is 2. The summed E-state index contributed by atoms with van der Waals surface area (Å²) in [5.74, 6) is 4.78. The Morgan fingerprint density at radius 3 is 1.05 bits per heavy atom. The average molecular weight is 1710 g/mol. The van der Waals surface area contributed by atoms with Crippen LogP contribution in [0.1, 0.15) is 0 Å². The first-order valence-corrected chi connectivity index (χ1v) is 48.4. The van der Waals surface area contributed by atoms with Gasteiger partial charge < -0.3 is 8.83 Å². The van der Waals surface area contributed by atoms with E-state index in [0.29, 0.717) is 17.5 Å². The van der Waals surface area contributed by atoms with Crippen molar-refractivity contribution in [2.24, 2.45) is 0 Å². The zero-order chi connectivity index (χ0) is 86.0. The van der Waals surface area contributed by atoms with E-state index in [2.05, 4.69) is 466 Å². The van der Waals surface area contributed by atoms with Crippen LogP contribution in [-0.2, 0) is 0 Å². The SMILES string of the molecule is c1ccc([Si](c2ccccc2)(c2ccc(-c3nc(-n4c5ccccc5c5ccccc54)cc(-n4c5ccccc5c5cc(-c6ccc7nc8n(-c9cc(-n%10c%11ccccc%11c%11ccccc%11%10)nc(-c%10ccc([Si](c%11ccccc%11)(c%11ccccc%11)c%11cccc%12c%11oc%11ccccc%11%12)cc%10)n9)c9ccccc9n8c7c6)ccc54)n3)cc2)c2ccc3oc4ccccc4c3c2)cc1. The molecule has 27 aromatic rings. The van der Waals surface area contributed by atoms with Crippen LogP contribution < -0.4 is 41.5 Å². The number of imidazole rings is 2. The van der Waals surface area contributed by atoms with Gasteiger partial charge in [0.2, 0.25) is 5.78 Å². The van der Waals surface area contributed by atoms with E-state index in [1.54, 1.807) is 0 Å². The van der Waals surface area contributed by atoms with Crippen molar-refractivity contribution in [3.8, 4) is 57.2 Å². The number of aromatic nitrogens is 10. The highest BCUT2D eigenvalue weighted by Crippen LogP contribution is 2.42. The molecule has 0 saturated heterocycles. The molecule has 0 saturated carbocycles. The van der Waals surface area contributed by atoms with Gasteiger partial charge in [-0.15, -0.1) is 0 Å². The molecule has 612 valence electrons. The molecular formula is C117H74N10O2Si2. The summed E-state index contributed by atoms with van der Waals surface area (Å²) in [6, 6.07) is 163. The van der Waals surface area contributed by atoms with Crippen LogP contribution in [0, 0.1) is 0 Å². The lowest BCUT2D eigenvalue weighted by Gasteiger charge is -2.34. The normalized spacial score (nSPS) is 12.3. The largest absolute Gasteiger partial charge is 0.456 e. The molecule has 9 heterocycles. The Morgan fingerprint density at radius 1 is 0.191 bits per heavy atom. The van der Waals surface area contributed by atoms with Gasteiger partial charge in [-0.1, -0.05) is 352 Å². The Bertz CT molecular complexity index is 9130. The second-order valence-corrected chi connectivity index (χ2v) is 41.7. The van der Waals surface area contributed by atoms with Gasteiger partial charge in [0.15, 0.2) is 27.8 Å². The van der Waals surface area contributed by atoms with Crippen molar-refractivity contribution in [2.45, 2.75) is 0 Å². The second-order valence-electron chi connectivity index (χ2n) is 34.1. The average Bonchev–Trinajstić information content (AvgIpc) is 1.71. The fourth-order valence-corrected chi connectivity index (χ4v) is 31.2. The van der Waals surface area contributed by atoms with E-state index >= 15 is 0 Å². The van der Waals surface area contributed by atoms with E-state index < -0.39 is 16.1 Å². The lowest BCUT2D eigenvalue weighted by molar-refractivity contribution is 0.669. The van der Waals surface area contributed by atoms with Crippen molar-refractivity contribution in [3.05, 3.63) is 449 Å². The molecule has 9 aromatic heterocycles. The second kappa shape index (κ2) is 29.2. The van der Waals surface area contributed by atoms with E-state index in [9.17, 15) is 0 Å². The number of nitrogens with zero attached hydrogens (tertiary/aromatic N) is 10. The molecule has 14 heteroatoms. The maximum absolute atomic E-state index is 7.03. The fourth-order valence-electron chi connectivity index (χ4n) is 21.6. The molecule has 0 aliphatic carbocycles. The summed E-state index contributed by atoms with van der Waals surface area (Å²) in [5, 5.41) is 21.1. The molecule has 0 bridgehead atoms. The van der Waals surface area contributed by atoms with Crippen LogP contribution in [-0.4, -0.2) is 63.7 Å². The third-order valence-electron chi connectivity index (χ3n) is 27.3. The molecule has 0 spiro atoms. The minimum absolute atomic E-state index is 0.568. The molecule has 0 radical (unpaired) electrons. The molecule has 0 fully saturated rings. The van der Waals surface area contributed by atoms with Crippen molar-refractivity contribution in [2.75, 3.05) is 0 Å². The van der Waals surface area contributed by atoms with Gasteiger partial charge in [-0.3, -0.25) is 22.7 Å². The Kier molecular flexibility index (Phi) is 16.5. The molecule has 18 aromatic carbocycles. The van der Waals surface area contributed by atoms with Gasteiger partial charge >= 0.3 is 0 Å². The van der Waals surface area contributed by atoms with Crippen molar-refractivity contribution in [1.29, 1.82) is 0 Å². The summed E-state index contributed by atoms with van der Waals surface area (Å²) in [6.07, 6.45) is 0. The van der Waals surface area contributed by atoms with Gasteiger partial charge in [0.25, 0.3) is 0 Å². The van der Waals surface area contributed by atoms with Gasteiger partial charge in [-0.05, 0) is 138 Å². The van der Waals surface area contributed by atoms with Gasteiger partial charge in [-0.25, -0.2) is 24.9 Å². The van der Waals surface area contributed by atoms with Gasteiger partial charge in [0, 0.05) is 77.1 Å². The molecule has 0 aliphatic heterocycles. The standard InChI is InChI=1S/C117H74N10O2Si2/c1-5-30-79(31-6-1)130(80-32-7-2-8-33-80,85-66-69-108-95(72-85)92-44-19-27-53-106(92)128-108)83-62-56-75(57-63-83)115-119-110(123-97-46-20-13-38-86(97)87-39-14-21-47-98(87)123)73-111(120-115)125-101-50-24-17-42-90(101)94-70-77(61-68-102(94)125)78-60-67-96-105(71-78)126-103-51-25-26-52-104(103)127(117(126)118-96)113-74-112(124-99-48-22-15-40-88(99)89-41-16-23-49-100(89)124)121-116(122-113)76-58-64-84(65-59-76)131(81-34-9-3-10-35-81,82-36-11-4-12-37-82)109-55-29-45-93-91-43-18-28-54-107(91)129-114(93)109/h1-74H. The number of benzene rings is 18. The number of para-hydroxylation sites is 10. The Morgan fingerprint density at radius 2 is 0.542 bits per heavy atom. The predicted octanol–water partition coefficient (Wildman–Crippen LogP) is 22.9. The van der Waals surface area contributed by atoms with E-state index in [4.69, 9.17) is 33.8 Å². The monoisotopic (exact) mass is 1710 g/mol. The molecule has 27 rings (SSSR count). The summed E-state index contributed by atoms with van der Waals surface area (Å²) in [6.45, 7) is 0. The van der Waals surface area contributed by atoms with E-state index in [-0.39, 0.29) is 0 Å². The topological polar surface area (TPSA) is 115 Å². The van der Waals surface area contributed by atoms with Crippen LogP contribution in [0.25, 0.3) is 194 Å². The summed E-state index contributed by atoms with van der Waals surface area (Å²) in [4.78, 5) is 28.5. The van der Waals surface area contributed by atoms with Gasteiger partial charge in [-0.2, -0.15) is 0 Å². The first kappa shape index (κ1) is 74.1. The summed E-state index contributed by atoms with van der Waals surface area (Å²) < 4.78 is 25.0. The van der Waals surface area contributed by atoms with E-state index in [0.717, 1.165) is 177 Å². The highest BCUT2D eigenvalue weighted by molar-refractivity contribution is 7.21. The van der Waals surface area contributed by atoms with Crippen LogP contribution >= 0.6 is 0 Å².